The second-order valence-corrected chi connectivity index (χ2v) is 6.00. The van der Waals surface area contributed by atoms with E-state index in [1.165, 1.54) is 0 Å². The first kappa shape index (κ1) is 16.4. The number of rotatable bonds is 4. The SMILES string of the molecule is O=C(COC(=O)c1ccc2nc(Cl)ccc2c1)c1ccc2c(c1)OCO2. The molecule has 3 aromatic rings. The molecule has 7 heteroatoms. The van der Waals surface area contributed by atoms with Gasteiger partial charge in [-0.15, -0.1) is 0 Å². The van der Waals surface area contributed by atoms with E-state index >= 15 is 0 Å². The first-order valence-electron chi connectivity index (χ1n) is 7.76. The van der Waals surface area contributed by atoms with Gasteiger partial charge in [-0.25, -0.2) is 9.78 Å². The average molecular weight is 370 g/mol. The molecule has 26 heavy (non-hydrogen) atoms. The third-order valence-electron chi connectivity index (χ3n) is 3.92. The summed E-state index contributed by atoms with van der Waals surface area (Å²) in [5.41, 5.74) is 1.39. The van der Waals surface area contributed by atoms with Crippen LogP contribution in [0.2, 0.25) is 5.15 Å². The minimum atomic E-state index is -0.587. The van der Waals surface area contributed by atoms with E-state index in [1.54, 1.807) is 48.5 Å². The van der Waals surface area contributed by atoms with Crippen LogP contribution in [0.3, 0.4) is 0 Å². The van der Waals surface area contributed by atoms with Crippen molar-refractivity contribution in [3.8, 4) is 11.5 Å². The zero-order valence-electron chi connectivity index (χ0n) is 13.4. The van der Waals surface area contributed by atoms with Crippen LogP contribution in [0.25, 0.3) is 10.9 Å². The second kappa shape index (κ2) is 6.65. The normalized spacial score (nSPS) is 12.2. The monoisotopic (exact) mass is 369 g/mol. The van der Waals surface area contributed by atoms with Crippen LogP contribution in [0.4, 0.5) is 0 Å². The zero-order chi connectivity index (χ0) is 18.1. The summed E-state index contributed by atoms with van der Waals surface area (Å²) in [5.74, 6) is 0.174. The van der Waals surface area contributed by atoms with Crippen molar-refractivity contribution in [2.75, 3.05) is 13.4 Å². The number of aromatic nitrogens is 1. The molecule has 2 aromatic carbocycles. The second-order valence-electron chi connectivity index (χ2n) is 5.61. The van der Waals surface area contributed by atoms with E-state index in [0.717, 1.165) is 5.39 Å². The van der Waals surface area contributed by atoms with Gasteiger partial charge < -0.3 is 14.2 Å². The van der Waals surface area contributed by atoms with E-state index in [2.05, 4.69) is 4.98 Å². The number of nitrogens with zero attached hydrogens (tertiary/aromatic N) is 1. The molecule has 1 aliphatic heterocycles. The number of benzene rings is 2. The van der Waals surface area contributed by atoms with Crippen LogP contribution in [-0.2, 0) is 4.74 Å². The van der Waals surface area contributed by atoms with Crippen LogP contribution in [0, 0.1) is 0 Å². The molecular weight excluding hydrogens is 358 g/mol. The summed E-state index contributed by atoms with van der Waals surface area (Å²) in [6.45, 7) is -0.237. The molecule has 0 N–H and O–H groups in total. The van der Waals surface area contributed by atoms with Crippen LogP contribution < -0.4 is 9.47 Å². The molecule has 1 aromatic heterocycles. The van der Waals surface area contributed by atoms with Gasteiger partial charge >= 0.3 is 5.97 Å². The van der Waals surface area contributed by atoms with E-state index in [0.29, 0.717) is 33.3 Å². The average Bonchev–Trinajstić information content (AvgIpc) is 3.13. The number of hydrogen-bond acceptors (Lipinski definition) is 6. The number of Topliss-reactive ketones (excluding diaryl/α,β-unsaturated/α-hetero) is 1. The Morgan fingerprint density at radius 2 is 1.81 bits per heavy atom. The molecule has 0 fully saturated rings. The molecular formula is C19H12ClNO5. The van der Waals surface area contributed by atoms with E-state index in [9.17, 15) is 9.59 Å². The van der Waals surface area contributed by atoms with Gasteiger partial charge in [0.1, 0.15) is 5.15 Å². The van der Waals surface area contributed by atoms with Gasteiger partial charge in [-0.3, -0.25) is 4.79 Å². The summed E-state index contributed by atoms with van der Waals surface area (Å²) < 4.78 is 15.6. The van der Waals surface area contributed by atoms with Gasteiger partial charge in [-0.05, 0) is 48.5 Å². The fourth-order valence-electron chi connectivity index (χ4n) is 2.60. The van der Waals surface area contributed by atoms with Gasteiger partial charge in [0.25, 0.3) is 0 Å². The largest absolute Gasteiger partial charge is 0.454 e. The highest BCUT2D eigenvalue weighted by atomic mass is 35.5. The van der Waals surface area contributed by atoms with Crippen LogP contribution in [0.5, 0.6) is 11.5 Å². The van der Waals surface area contributed by atoms with Crippen molar-refractivity contribution in [1.82, 2.24) is 4.98 Å². The van der Waals surface area contributed by atoms with Crippen molar-refractivity contribution in [1.29, 1.82) is 0 Å². The quantitative estimate of drug-likeness (QED) is 0.397. The summed E-state index contributed by atoms with van der Waals surface area (Å²) >= 11 is 5.84. The minimum absolute atomic E-state index is 0.129. The molecule has 0 unspecified atom stereocenters. The van der Waals surface area contributed by atoms with Gasteiger partial charge in [0.15, 0.2) is 23.9 Å². The van der Waals surface area contributed by atoms with Crippen molar-refractivity contribution < 1.29 is 23.8 Å². The Labute approximate surface area is 153 Å². The van der Waals surface area contributed by atoms with E-state index in [4.69, 9.17) is 25.8 Å². The van der Waals surface area contributed by atoms with Crippen molar-refractivity contribution in [2.24, 2.45) is 0 Å². The Bertz CT molecular complexity index is 1030. The molecule has 130 valence electrons. The molecule has 0 spiro atoms. The highest BCUT2D eigenvalue weighted by Crippen LogP contribution is 2.32. The van der Waals surface area contributed by atoms with E-state index in [1.807, 2.05) is 0 Å². The molecule has 0 amide bonds. The number of esters is 1. The summed E-state index contributed by atoms with van der Waals surface area (Å²) in [6, 6.07) is 13.1. The standard InChI is InChI=1S/C19H12ClNO5/c20-18-6-3-11-7-13(1-4-14(11)21-18)19(23)24-9-15(22)12-2-5-16-17(8-12)26-10-25-16/h1-8H,9-10H2. The topological polar surface area (TPSA) is 74.7 Å². The Balaban J connectivity index is 1.45. The van der Waals surface area contributed by atoms with Crippen LogP contribution >= 0.6 is 11.6 Å². The van der Waals surface area contributed by atoms with Gasteiger partial charge in [0, 0.05) is 10.9 Å². The number of pyridine rings is 1. The molecule has 4 rings (SSSR count). The summed E-state index contributed by atoms with van der Waals surface area (Å²) in [7, 11) is 0. The highest BCUT2D eigenvalue weighted by Gasteiger charge is 2.17. The number of fused-ring (bicyclic) bond motifs is 2. The number of ketones is 1. The molecule has 0 atom stereocenters. The van der Waals surface area contributed by atoms with Gasteiger partial charge in [0.2, 0.25) is 6.79 Å². The summed E-state index contributed by atoms with van der Waals surface area (Å²) in [5, 5.41) is 1.13. The number of halogens is 1. The van der Waals surface area contributed by atoms with Crippen LogP contribution in [0.15, 0.2) is 48.5 Å². The maximum absolute atomic E-state index is 12.2. The molecule has 0 bridgehead atoms. The lowest BCUT2D eigenvalue weighted by atomic mass is 10.1. The molecule has 0 saturated carbocycles. The predicted octanol–water partition coefficient (Wildman–Crippen LogP) is 3.66. The molecule has 6 nitrogen and oxygen atoms in total. The molecule has 1 aliphatic rings. The predicted molar refractivity (Wildman–Crippen MR) is 93.9 cm³/mol. The first-order valence-corrected chi connectivity index (χ1v) is 8.14. The van der Waals surface area contributed by atoms with Gasteiger partial charge in [0.05, 0.1) is 11.1 Å². The third-order valence-corrected chi connectivity index (χ3v) is 4.13. The minimum Gasteiger partial charge on any atom is -0.454 e. The fraction of sp³-hybridized carbons (Fsp3) is 0.105. The Morgan fingerprint density at radius 3 is 2.69 bits per heavy atom. The fourth-order valence-corrected chi connectivity index (χ4v) is 2.75. The Morgan fingerprint density at radius 1 is 1.00 bits per heavy atom. The number of carbonyl (C=O) groups excluding carboxylic acids is 2. The molecule has 0 saturated heterocycles. The van der Waals surface area contributed by atoms with E-state index in [-0.39, 0.29) is 19.2 Å². The third kappa shape index (κ3) is 3.19. The summed E-state index contributed by atoms with van der Waals surface area (Å²) in [4.78, 5) is 28.6. The van der Waals surface area contributed by atoms with Gasteiger partial charge in [-0.1, -0.05) is 11.6 Å². The number of ether oxygens (including phenoxy) is 3. The van der Waals surface area contributed by atoms with Crippen molar-refractivity contribution in [3.63, 3.8) is 0 Å². The maximum atomic E-state index is 12.2. The maximum Gasteiger partial charge on any atom is 0.338 e. The molecule has 2 heterocycles. The van der Waals surface area contributed by atoms with Crippen molar-refractivity contribution in [2.45, 2.75) is 0 Å². The number of carbonyl (C=O) groups is 2. The first-order chi connectivity index (χ1) is 12.6. The Kier molecular flexibility index (Phi) is 4.18. The highest BCUT2D eigenvalue weighted by molar-refractivity contribution is 6.29. The Hall–Kier alpha value is -3.12. The van der Waals surface area contributed by atoms with E-state index < -0.39 is 5.97 Å². The smallest absolute Gasteiger partial charge is 0.338 e. The lowest BCUT2D eigenvalue weighted by Crippen LogP contribution is -2.14. The lowest BCUT2D eigenvalue weighted by molar-refractivity contribution is 0.0475. The summed E-state index contributed by atoms with van der Waals surface area (Å²) in [6.07, 6.45) is 0. The lowest BCUT2D eigenvalue weighted by Gasteiger charge is -2.06. The van der Waals surface area contributed by atoms with Crippen molar-refractivity contribution in [3.05, 3.63) is 64.8 Å². The zero-order valence-corrected chi connectivity index (χ0v) is 14.2. The van der Waals surface area contributed by atoms with Crippen molar-refractivity contribution >= 4 is 34.3 Å². The van der Waals surface area contributed by atoms with Crippen LogP contribution in [0.1, 0.15) is 20.7 Å². The molecule has 0 aliphatic carbocycles. The van der Waals surface area contributed by atoms with Gasteiger partial charge in [-0.2, -0.15) is 0 Å². The number of hydrogen-bond donors (Lipinski definition) is 0. The van der Waals surface area contributed by atoms with Crippen LogP contribution in [-0.4, -0.2) is 30.1 Å². The molecule has 0 radical (unpaired) electrons.